The van der Waals surface area contributed by atoms with Gasteiger partial charge < -0.3 is 20.0 Å². The molecule has 0 bridgehead atoms. The van der Waals surface area contributed by atoms with Crippen LogP contribution >= 0.6 is 0 Å². The summed E-state index contributed by atoms with van der Waals surface area (Å²) in [6.45, 7) is 7.20. The minimum absolute atomic E-state index is 0.507. The number of aryl methyl sites for hydroxylation is 3. The summed E-state index contributed by atoms with van der Waals surface area (Å²) in [5, 5.41) is 6.54. The maximum atomic E-state index is 5.57. The summed E-state index contributed by atoms with van der Waals surface area (Å²) in [5.74, 6) is 2.24. The van der Waals surface area contributed by atoms with E-state index in [1.807, 2.05) is 27.9 Å². The smallest absolute Gasteiger partial charge is 0.214 e. The van der Waals surface area contributed by atoms with Crippen molar-refractivity contribution in [3.8, 4) is 0 Å². The fraction of sp³-hybridized carbons (Fsp3) is 0.444. The molecule has 0 aliphatic heterocycles. The number of rotatable bonds is 5. The van der Waals surface area contributed by atoms with Gasteiger partial charge in [-0.1, -0.05) is 6.07 Å². The van der Waals surface area contributed by atoms with E-state index in [-0.39, 0.29) is 0 Å². The first kappa shape index (κ1) is 17.8. The molecule has 2 N–H and O–H groups in total. The van der Waals surface area contributed by atoms with E-state index < -0.39 is 0 Å². The maximum absolute atomic E-state index is 5.57. The third-order valence-corrected chi connectivity index (χ3v) is 3.99. The molecular formula is C18H27N5O. The van der Waals surface area contributed by atoms with Gasteiger partial charge in [-0.15, -0.1) is 0 Å². The Bertz CT molecular complexity index is 699. The monoisotopic (exact) mass is 329 g/mol. The van der Waals surface area contributed by atoms with Gasteiger partial charge in [0.15, 0.2) is 5.96 Å². The average molecular weight is 329 g/mol. The molecule has 1 aromatic heterocycles. The number of aromatic nitrogens is 1. The fourth-order valence-electron chi connectivity index (χ4n) is 2.33. The fourth-order valence-corrected chi connectivity index (χ4v) is 2.33. The first-order valence-electron chi connectivity index (χ1n) is 8.05. The van der Waals surface area contributed by atoms with Crippen molar-refractivity contribution in [3.63, 3.8) is 0 Å². The molecule has 6 nitrogen and oxygen atoms in total. The molecule has 0 saturated heterocycles. The SMILES string of the molecule is CN=C(NCc1nc(C)c(C)o1)NCc1ccc(N(C)C)cc1C. The van der Waals surface area contributed by atoms with Crippen molar-refractivity contribution in [1.29, 1.82) is 0 Å². The maximum Gasteiger partial charge on any atom is 0.214 e. The average Bonchev–Trinajstić information content (AvgIpc) is 2.86. The summed E-state index contributed by atoms with van der Waals surface area (Å²) in [6.07, 6.45) is 0. The molecule has 0 fully saturated rings. The zero-order chi connectivity index (χ0) is 17.7. The molecule has 0 radical (unpaired) electrons. The molecule has 2 rings (SSSR count). The Morgan fingerprint density at radius 3 is 2.42 bits per heavy atom. The van der Waals surface area contributed by atoms with Crippen molar-refractivity contribution in [2.24, 2.45) is 4.99 Å². The summed E-state index contributed by atoms with van der Waals surface area (Å²) in [5.41, 5.74) is 4.62. The zero-order valence-electron chi connectivity index (χ0n) is 15.4. The van der Waals surface area contributed by atoms with Crippen LogP contribution in [0.15, 0.2) is 27.6 Å². The van der Waals surface area contributed by atoms with Gasteiger partial charge in [0.2, 0.25) is 5.89 Å². The van der Waals surface area contributed by atoms with Crippen molar-refractivity contribution in [1.82, 2.24) is 15.6 Å². The summed E-state index contributed by atoms with van der Waals surface area (Å²) in [7, 11) is 5.85. The van der Waals surface area contributed by atoms with Gasteiger partial charge in [-0.2, -0.15) is 0 Å². The second-order valence-electron chi connectivity index (χ2n) is 6.03. The molecular weight excluding hydrogens is 302 g/mol. The van der Waals surface area contributed by atoms with E-state index in [4.69, 9.17) is 4.42 Å². The Balaban J connectivity index is 1.91. The van der Waals surface area contributed by atoms with Crippen molar-refractivity contribution in [2.75, 3.05) is 26.0 Å². The van der Waals surface area contributed by atoms with Gasteiger partial charge in [-0.05, 0) is 44.0 Å². The first-order chi connectivity index (χ1) is 11.4. The van der Waals surface area contributed by atoms with E-state index in [0.717, 1.165) is 17.4 Å². The highest BCUT2D eigenvalue weighted by Gasteiger charge is 2.07. The molecule has 1 aromatic carbocycles. The molecule has 2 aromatic rings. The largest absolute Gasteiger partial charge is 0.444 e. The van der Waals surface area contributed by atoms with Crippen LogP contribution in [0, 0.1) is 20.8 Å². The van der Waals surface area contributed by atoms with Crippen LogP contribution in [0.25, 0.3) is 0 Å². The van der Waals surface area contributed by atoms with Crippen LogP contribution in [0.4, 0.5) is 5.69 Å². The van der Waals surface area contributed by atoms with Crippen molar-refractivity contribution < 1.29 is 4.42 Å². The number of aliphatic imine (C=N–C) groups is 1. The molecule has 1 heterocycles. The topological polar surface area (TPSA) is 65.7 Å². The molecule has 0 aliphatic carbocycles. The van der Waals surface area contributed by atoms with E-state index >= 15 is 0 Å². The molecule has 0 saturated carbocycles. The van der Waals surface area contributed by atoms with E-state index in [1.54, 1.807) is 7.05 Å². The number of hydrogen-bond donors (Lipinski definition) is 2. The van der Waals surface area contributed by atoms with Gasteiger partial charge in [0.1, 0.15) is 5.76 Å². The van der Waals surface area contributed by atoms with E-state index in [9.17, 15) is 0 Å². The van der Waals surface area contributed by atoms with E-state index in [1.165, 1.54) is 16.8 Å². The highest BCUT2D eigenvalue weighted by Crippen LogP contribution is 2.17. The minimum Gasteiger partial charge on any atom is -0.444 e. The Labute approximate surface area is 144 Å². The van der Waals surface area contributed by atoms with E-state index in [0.29, 0.717) is 19.0 Å². The third-order valence-electron chi connectivity index (χ3n) is 3.99. The lowest BCUT2D eigenvalue weighted by Gasteiger charge is -2.16. The molecule has 0 amide bonds. The van der Waals surface area contributed by atoms with Gasteiger partial charge in [0, 0.05) is 33.4 Å². The molecule has 24 heavy (non-hydrogen) atoms. The molecule has 0 atom stereocenters. The number of nitrogens with zero attached hydrogens (tertiary/aromatic N) is 3. The van der Waals surface area contributed by atoms with Crippen LogP contribution in [0.5, 0.6) is 0 Å². The summed E-state index contributed by atoms with van der Waals surface area (Å²) >= 11 is 0. The number of benzene rings is 1. The number of nitrogens with one attached hydrogen (secondary N) is 2. The van der Waals surface area contributed by atoms with Gasteiger partial charge in [-0.25, -0.2) is 4.98 Å². The predicted octanol–water partition coefficient (Wildman–Crippen LogP) is 2.53. The van der Waals surface area contributed by atoms with E-state index in [2.05, 4.69) is 50.6 Å². The Kier molecular flexibility index (Phi) is 5.84. The Morgan fingerprint density at radius 1 is 1.17 bits per heavy atom. The van der Waals surface area contributed by atoms with Crippen LogP contribution in [-0.4, -0.2) is 32.1 Å². The van der Waals surface area contributed by atoms with Gasteiger partial charge >= 0.3 is 0 Å². The molecule has 0 spiro atoms. The quantitative estimate of drug-likeness (QED) is 0.652. The lowest BCUT2D eigenvalue weighted by Crippen LogP contribution is -2.36. The van der Waals surface area contributed by atoms with Crippen molar-refractivity contribution in [2.45, 2.75) is 33.9 Å². The van der Waals surface area contributed by atoms with Crippen LogP contribution in [0.3, 0.4) is 0 Å². The summed E-state index contributed by atoms with van der Waals surface area (Å²) < 4.78 is 5.57. The second-order valence-corrected chi connectivity index (χ2v) is 6.03. The third kappa shape index (κ3) is 4.50. The Morgan fingerprint density at radius 2 is 1.88 bits per heavy atom. The second kappa shape index (κ2) is 7.86. The first-order valence-corrected chi connectivity index (χ1v) is 8.05. The molecule has 6 heteroatoms. The number of guanidine groups is 1. The van der Waals surface area contributed by atoms with Crippen LogP contribution in [0.2, 0.25) is 0 Å². The highest BCUT2D eigenvalue weighted by atomic mass is 16.4. The van der Waals surface area contributed by atoms with Gasteiger partial charge in [0.05, 0.1) is 12.2 Å². The zero-order valence-corrected chi connectivity index (χ0v) is 15.4. The number of anilines is 1. The van der Waals surface area contributed by atoms with Crippen LogP contribution < -0.4 is 15.5 Å². The predicted molar refractivity (Wildman–Crippen MR) is 98.5 cm³/mol. The molecule has 130 valence electrons. The normalized spacial score (nSPS) is 11.5. The van der Waals surface area contributed by atoms with Crippen molar-refractivity contribution >= 4 is 11.6 Å². The molecule has 0 unspecified atom stereocenters. The minimum atomic E-state index is 0.507. The summed E-state index contributed by atoms with van der Waals surface area (Å²) in [6, 6.07) is 6.45. The van der Waals surface area contributed by atoms with Gasteiger partial charge in [0.25, 0.3) is 0 Å². The number of oxazole rings is 1. The van der Waals surface area contributed by atoms with Gasteiger partial charge in [-0.3, -0.25) is 4.99 Å². The van der Waals surface area contributed by atoms with Crippen LogP contribution in [-0.2, 0) is 13.1 Å². The lowest BCUT2D eigenvalue weighted by atomic mass is 10.1. The molecule has 0 aliphatic rings. The highest BCUT2D eigenvalue weighted by molar-refractivity contribution is 5.79. The summed E-state index contributed by atoms with van der Waals surface area (Å²) in [4.78, 5) is 10.7. The standard InChI is InChI=1S/C18H27N5O/c1-12-9-16(23(5)6)8-7-15(12)10-20-18(19-4)21-11-17-22-13(2)14(3)24-17/h7-9H,10-11H2,1-6H3,(H2,19,20,21). The van der Waals surface area contributed by atoms with Crippen molar-refractivity contribution in [3.05, 3.63) is 46.7 Å². The Hall–Kier alpha value is -2.50. The van der Waals surface area contributed by atoms with Crippen LogP contribution in [0.1, 0.15) is 28.5 Å². The lowest BCUT2D eigenvalue weighted by molar-refractivity contribution is 0.463. The number of hydrogen-bond acceptors (Lipinski definition) is 4.